The predicted octanol–water partition coefficient (Wildman–Crippen LogP) is 4.17. The van der Waals surface area contributed by atoms with Gasteiger partial charge in [-0.15, -0.1) is 11.3 Å². The van der Waals surface area contributed by atoms with E-state index in [0.29, 0.717) is 23.6 Å². The molecule has 36 heavy (non-hydrogen) atoms. The molecule has 7 nitrogen and oxygen atoms in total. The molecule has 3 aromatic rings. The van der Waals surface area contributed by atoms with E-state index in [9.17, 15) is 14.0 Å². The number of ether oxygens (including phenoxy) is 3. The molecule has 0 spiro atoms. The van der Waals surface area contributed by atoms with E-state index in [-0.39, 0.29) is 43.4 Å². The third-order valence-electron chi connectivity index (χ3n) is 6.29. The highest BCUT2D eigenvalue weighted by Gasteiger charge is 2.34. The fourth-order valence-electron chi connectivity index (χ4n) is 4.44. The summed E-state index contributed by atoms with van der Waals surface area (Å²) in [5, 5.41) is 2.01. The minimum absolute atomic E-state index is 0.130. The Bertz CT molecular complexity index is 1210. The van der Waals surface area contributed by atoms with Gasteiger partial charge in [-0.3, -0.25) is 9.59 Å². The number of carbonyl (C=O) groups is 2. The van der Waals surface area contributed by atoms with Crippen LogP contribution in [0.3, 0.4) is 0 Å². The standard InChI is InChI=1S/C27H29FN2O5S/c1-33-14-13-29(27(32)21-9-8-20(34-2)16-23(21)35-3)17-25(31)30-12-10-24-22(11-15-36-24)26(30)18-4-6-19(28)7-5-18/h4-9,11,15-16,26H,10,12-14,17H2,1-3H3. The minimum atomic E-state index is -0.344. The van der Waals surface area contributed by atoms with Gasteiger partial charge in [0.1, 0.15) is 23.9 Å². The Morgan fingerprint density at radius 2 is 1.86 bits per heavy atom. The summed E-state index contributed by atoms with van der Waals surface area (Å²) in [7, 11) is 4.57. The fraction of sp³-hybridized carbons (Fsp3) is 0.333. The van der Waals surface area contributed by atoms with Gasteiger partial charge in [-0.25, -0.2) is 4.39 Å². The van der Waals surface area contributed by atoms with Crippen molar-refractivity contribution in [3.8, 4) is 11.5 Å². The second-order valence-corrected chi connectivity index (χ2v) is 9.38. The molecule has 0 saturated carbocycles. The molecule has 2 aromatic carbocycles. The number of amides is 2. The van der Waals surface area contributed by atoms with Crippen LogP contribution in [0.2, 0.25) is 0 Å². The van der Waals surface area contributed by atoms with Crippen LogP contribution in [0, 0.1) is 5.82 Å². The Kier molecular flexibility index (Phi) is 8.22. The molecule has 1 unspecified atom stereocenters. The number of nitrogens with zero attached hydrogens (tertiary/aromatic N) is 2. The van der Waals surface area contributed by atoms with Crippen molar-refractivity contribution in [1.29, 1.82) is 0 Å². The quantitative estimate of drug-likeness (QED) is 0.431. The van der Waals surface area contributed by atoms with Gasteiger partial charge in [0.15, 0.2) is 0 Å². The molecule has 1 aliphatic heterocycles. The number of hydrogen-bond acceptors (Lipinski definition) is 6. The molecule has 1 aliphatic rings. The van der Waals surface area contributed by atoms with Crippen molar-refractivity contribution in [1.82, 2.24) is 9.80 Å². The normalized spacial score (nSPS) is 14.8. The third-order valence-corrected chi connectivity index (χ3v) is 7.29. The lowest BCUT2D eigenvalue weighted by Crippen LogP contribution is -2.47. The van der Waals surface area contributed by atoms with Crippen LogP contribution >= 0.6 is 11.3 Å². The van der Waals surface area contributed by atoms with E-state index in [2.05, 4.69) is 0 Å². The minimum Gasteiger partial charge on any atom is -0.497 e. The molecular formula is C27H29FN2O5S. The summed E-state index contributed by atoms with van der Waals surface area (Å²) in [5.74, 6) is 0.0524. The van der Waals surface area contributed by atoms with Crippen LogP contribution in [-0.4, -0.2) is 69.2 Å². The third kappa shape index (κ3) is 5.37. The highest BCUT2D eigenvalue weighted by molar-refractivity contribution is 7.10. The summed E-state index contributed by atoms with van der Waals surface area (Å²) in [4.78, 5) is 31.7. The number of rotatable bonds is 9. The van der Waals surface area contributed by atoms with Crippen LogP contribution < -0.4 is 9.47 Å². The molecule has 9 heteroatoms. The Labute approximate surface area is 214 Å². The Morgan fingerprint density at radius 3 is 2.56 bits per heavy atom. The van der Waals surface area contributed by atoms with E-state index in [4.69, 9.17) is 14.2 Å². The smallest absolute Gasteiger partial charge is 0.258 e. The van der Waals surface area contributed by atoms with Crippen molar-refractivity contribution < 1.29 is 28.2 Å². The molecule has 4 rings (SSSR count). The number of carbonyl (C=O) groups excluding carboxylic acids is 2. The lowest BCUT2D eigenvalue weighted by atomic mass is 9.93. The first kappa shape index (κ1) is 25.7. The summed E-state index contributed by atoms with van der Waals surface area (Å²) < 4.78 is 29.5. The van der Waals surface area contributed by atoms with Gasteiger partial charge in [0.2, 0.25) is 5.91 Å². The first-order valence-electron chi connectivity index (χ1n) is 11.6. The zero-order chi connectivity index (χ0) is 25.7. The predicted molar refractivity (Wildman–Crippen MR) is 135 cm³/mol. The topological polar surface area (TPSA) is 68.3 Å². The van der Waals surface area contributed by atoms with Crippen molar-refractivity contribution >= 4 is 23.2 Å². The maximum Gasteiger partial charge on any atom is 0.258 e. The summed E-state index contributed by atoms with van der Waals surface area (Å²) in [6.07, 6.45) is 0.731. The summed E-state index contributed by atoms with van der Waals surface area (Å²) in [6.45, 7) is 0.879. The number of halogens is 1. The molecule has 0 radical (unpaired) electrons. The van der Waals surface area contributed by atoms with Crippen molar-refractivity contribution in [2.45, 2.75) is 12.5 Å². The summed E-state index contributed by atoms with van der Waals surface area (Å²) in [6, 6.07) is 12.9. The molecule has 0 aliphatic carbocycles. The molecule has 1 aromatic heterocycles. The molecule has 190 valence electrons. The highest BCUT2D eigenvalue weighted by atomic mass is 32.1. The summed E-state index contributed by atoms with van der Waals surface area (Å²) in [5.41, 5.74) is 2.20. The molecule has 0 saturated heterocycles. The van der Waals surface area contributed by atoms with E-state index in [1.165, 1.54) is 36.1 Å². The van der Waals surface area contributed by atoms with Crippen LogP contribution in [0.1, 0.15) is 32.4 Å². The van der Waals surface area contributed by atoms with Crippen LogP contribution in [0.15, 0.2) is 53.9 Å². The van der Waals surface area contributed by atoms with Crippen LogP contribution in [0.5, 0.6) is 11.5 Å². The van der Waals surface area contributed by atoms with E-state index in [0.717, 1.165) is 17.5 Å². The number of fused-ring (bicyclic) bond motifs is 1. The first-order chi connectivity index (χ1) is 17.5. The number of hydrogen-bond donors (Lipinski definition) is 0. The maximum atomic E-state index is 13.7. The molecule has 2 amide bonds. The van der Waals surface area contributed by atoms with Gasteiger partial charge in [-0.2, -0.15) is 0 Å². The van der Waals surface area contributed by atoms with Gasteiger partial charge in [0.25, 0.3) is 5.91 Å². The summed E-state index contributed by atoms with van der Waals surface area (Å²) >= 11 is 1.66. The van der Waals surface area contributed by atoms with Gasteiger partial charge in [-0.05, 0) is 53.3 Å². The zero-order valence-electron chi connectivity index (χ0n) is 20.5. The van der Waals surface area contributed by atoms with Gasteiger partial charge >= 0.3 is 0 Å². The molecule has 0 N–H and O–H groups in total. The molecule has 0 fully saturated rings. The number of thiophene rings is 1. The van der Waals surface area contributed by atoms with E-state index in [1.807, 2.05) is 11.4 Å². The van der Waals surface area contributed by atoms with Gasteiger partial charge < -0.3 is 24.0 Å². The van der Waals surface area contributed by atoms with Gasteiger partial charge in [-0.1, -0.05) is 12.1 Å². The van der Waals surface area contributed by atoms with E-state index in [1.54, 1.807) is 53.7 Å². The Balaban J connectivity index is 1.62. The SMILES string of the molecule is COCCN(CC(=O)N1CCc2sccc2C1c1ccc(F)cc1)C(=O)c1ccc(OC)cc1OC. The van der Waals surface area contributed by atoms with Crippen molar-refractivity contribution in [3.63, 3.8) is 0 Å². The average molecular weight is 513 g/mol. The molecular weight excluding hydrogens is 483 g/mol. The fourth-order valence-corrected chi connectivity index (χ4v) is 5.35. The first-order valence-corrected chi connectivity index (χ1v) is 12.5. The van der Waals surface area contributed by atoms with Crippen molar-refractivity contribution in [3.05, 3.63) is 81.3 Å². The number of methoxy groups -OCH3 is 3. The largest absolute Gasteiger partial charge is 0.497 e. The molecule has 1 atom stereocenters. The highest BCUT2D eigenvalue weighted by Crippen LogP contribution is 2.38. The Hall–Kier alpha value is -3.43. The Morgan fingerprint density at radius 1 is 1.08 bits per heavy atom. The molecule has 2 heterocycles. The average Bonchev–Trinajstić information content (AvgIpc) is 3.39. The van der Waals surface area contributed by atoms with Crippen LogP contribution in [0.25, 0.3) is 0 Å². The second-order valence-electron chi connectivity index (χ2n) is 8.38. The lowest BCUT2D eigenvalue weighted by molar-refractivity contribution is -0.134. The van der Waals surface area contributed by atoms with Gasteiger partial charge in [0, 0.05) is 31.1 Å². The van der Waals surface area contributed by atoms with Crippen LogP contribution in [0.4, 0.5) is 4.39 Å². The van der Waals surface area contributed by atoms with Crippen molar-refractivity contribution in [2.75, 3.05) is 47.6 Å². The zero-order valence-corrected chi connectivity index (χ0v) is 21.3. The molecule has 0 bridgehead atoms. The second kappa shape index (κ2) is 11.5. The van der Waals surface area contributed by atoms with Gasteiger partial charge in [0.05, 0.1) is 32.4 Å². The van der Waals surface area contributed by atoms with E-state index >= 15 is 0 Å². The van der Waals surface area contributed by atoms with E-state index < -0.39 is 0 Å². The van der Waals surface area contributed by atoms with Crippen molar-refractivity contribution in [2.24, 2.45) is 0 Å². The maximum absolute atomic E-state index is 13.7. The van der Waals surface area contributed by atoms with Crippen LogP contribution in [-0.2, 0) is 16.0 Å². The monoisotopic (exact) mass is 512 g/mol. The lowest BCUT2D eigenvalue weighted by Gasteiger charge is -2.37. The number of benzene rings is 2.